The normalized spacial score (nSPS) is 15.8. The maximum Gasteiger partial charge on any atom is 0.0314 e. The largest absolute Gasteiger partial charge is 0.399 e. The van der Waals surface area contributed by atoms with Gasteiger partial charge in [0.25, 0.3) is 0 Å². The van der Waals surface area contributed by atoms with Crippen molar-refractivity contribution in [2.24, 2.45) is 5.73 Å². The van der Waals surface area contributed by atoms with Crippen LogP contribution in [0.2, 0.25) is 0 Å². The molecule has 1 aromatic rings. The van der Waals surface area contributed by atoms with Gasteiger partial charge >= 0.3 is 0 Å². The molecule has 0 aromatic heterocycles. The minimum Gasteiger partial charge on any atom is -0.399 e. The van der Waals surface area contributed by atoms with Crippen LogP contribution in [0.1, 0.15) is 16.7 Å². The minimum absolute atomic E-state index is 0.650. The summed E-state index contributed by atoms with van der Waals surface area (Å²) in [6, 6.07) is 6.33. The van der Waals surface area contributed by atoms with Crippen molar-refractivity contribution in [3.63, 3.8) is 0 Å². The first-order chi connectivity index (χ1) is 6.16. The molecule has 0 bridgehead atoms. The Morgan fingerprint density at radius 1 is 1.38 bits per heavy atom. The number of nitrogens with two attached hydrogens (primary N) is 1. The van der Waals surface area contributed by atoms with Crippen LogP contribution >= 0.6 is 0 Å². The van der Waals surface area contributed by atoms with Crippen LogP contribution in [0.15, 0.2) is 24.8 Å². The number of nitrogens with zero attached hydrogens (tertiary/aromatic N) is 1. The standard InChI is InChI=1S/C11H14N2/c1-8(12)9-3-4-10-6-13(2)7-11(10)5-9/h3-5H,1,6-7,12H2,2H3. The molecule has 68 valence electrons. The first-order valence-corrected chi connectivity index (χ1v) is 4.42. The molecule has 2 nitrogen and oxygen atoms in total. The summed E-state index contributed by atoms with van der Waals surface area (Å²) < 4.78 is 0. The third-order valence-electron chi connectivity index (χ3n) is 2.46. The first-order valence-electron chi connectivity index (χ1n) is 4.42. The summed E-state index contributed by atoms with van der Waals surface area (Å²) in [5.74, 6) is 0. The van der Waals surface area contributed by atoms with E-state index in [9.17, 15) is 0 Å². The quantitative estimate of drug-likeness (QED) is 0.700. The third kappa shape index (κ3) is 1.45. The van der Waals surface area contributed by atoms with Gasteiger partial charge in [-0.2, -0.15) is 0 Å². The van der Waals surface area contributed by atoms with E-state index in [1.807, 2.05) is 6.07 Å². The summed E-state index contributed by atoms with van der Waals surface area (Å²) in [5.41, 5.74) is 10.1. The molecular formula is C11H14N2. The molecule has 1 aliphatic heterocycles. The lowest BCUT2D eigenvalue weighted by Crippen LogP contribution is -2.07. The van der Waals surface area contributed by atoms with Crippen LogP contribution in [0.3, 0.4) is 0 Å². The van der Waals surface area contributed by atoms with Crippen LogP contribution in [-0.2, 0) is 13.1 Å². The van der Waals surface area contributed by atoms with Crippen molar-refractivity contribution >= 4 is 5.70 Å². The maximum atomic E-state index is 5.63. The molecule has 1 heterocycles. The van der Waals surface area contributed by atoms with Gasteiger partial charge in [-0.05, 0) is 29.8 Å². The molecule has 0 saturated heterocycles. The number of rotatable bonds is 1. The monoisotopic (exact) mass is 174 g/mol. The highest BCUT2D eigenvalue weighted by molar-refractivity contribution is 5.61. The second-order valence-corrected chi connectivity index (χ2v) is 3.68. The molecule has 0 unspecified atom stereocenters. The predicted molar refractivity (Wildman–Crippen MR) is 54.8 cm³/mol. The topological polar surface area (TPSA) is 29.3 Å². The van der Waals surface area contributed by atoms with E-state index in [-0.39, 0.29) is 0 Å². The van der Waals surface area contributed by atoms with E-state index >= 15 is 0 Å². The van der Waals surface area contributed by atoms with Crippen LogP contribution in [0, 0.1) is 0 Å². The van der Waals surface area contributed by atoms with E-state index in [4.69, 9.17) is 5.73 Å². The molecule has 0 atom stereocenters. The molecule has 1 aromatic carbocycles. The molecule has 1 aliphatic rings. The van der Waals surface area contributed by atoms with E-state index in [2.05, 4.69) is 30.7 Å². The Morgan fingerprint density at radius 2 is 2.08 bits per heavy atom. The van der Waals surface area contributed by atoms with Crippen molar-refractivity contribution < 1.29 is 0 Å². The van der Waals surface area contributed by atoms with Gasteiger partial charge < -0.3 is 5.73 Å². The van der Waals surface area contributed by atoms with E-state index in [0.717, 1.165) is 18.7 Å². The van der Waals surface area contributed by atoms with E-state index in [1.54, 1.807) is 0 Å². The third-order valence-corrected chi connectivity index (χ3v) is 2.46. The van der Waals surface area contributed by atoms with Gasteiger partial charge in [-0.1, -0.05) is 18.7 Å². The lowest BCUT2D eigenvalue weighted by molar-refractivity contribution is 0.353. The zero-order valence-electron chi connectivity index (χ0n) is 7.88. The van der Waals surface area contributed by atoms with Crippen LogP contribution < -0.4 is 5.73 Å². The molecule has 0 saturated carbocycles. The molecule has 2 rings (SSSR count). The summed E-state index contributed by atoms with van der Waals surface area (Å²) in [5, 5.41) is 0. The second kappa shape index (κ2) is 2.89. The van der Waals surface area contributed by atoms with Crippen molar-refractivity contribution in [2.45, 2.75) is 13.1 Å². The van der Waals surface area contributed by atoms with Crippen molar-refractivity contribution in [2.75, 3.05) is 7.05 Å². The van der Waals surface area contributed by atoms with E-state index in [1.165, 1.54) is 11.1 Å². The highest BCUT2D eigenvalue weighted by Gasteiger charge is 2.15. The van der Waals surface area contributed by atoms with Gasteiger partial charge in [0.2, 0.25) is 0 Å². The number of fused-ring (bicyclic) bond motifs is 1. The van der Waals surface area contributed by atoms with Gasteiger partial charge in [0.15, 0.2) is 0 Å². The molecule has 0 amide bonds. The average Bonchev–Trinajstić information content (AvgIpc) is 2.42. The number of hydrogen-bond donors (Lipinski definition) is 1. The van der Waals surface area contributed by atoms with Crippen molar-refractivity contribution in [1.29, 1.82) is 0 Å². The van der Waals surface area contributed by atoms with E-state index in [0.29, 0.717) is 5.70 Å². The van der Waals surface area contributed by atoms with Crippen molar-refractivity contribution in [1.82, 2.24) is 4.90 Å². The highest BCUT2D eigenvalue weighted by atomic mass is 15.1. The maximum absolute atomic E-state index is 5.63. The van der Waals surface area contributed by atoms with Gasteiger partial charge in [0.05, 0.1) is 0 Å². The lowest BCUT2D eigenvalue weighted by Gasteiger charge is -2.03. The molecule has 2 heteroatoms. The molecule has 0 spiro atoms. The summed E-state index contributed by atoms with van der Waals surface area (Å²) >= 11 is 0. The molecule has 0 aliphatic carbocycles. The van der Waals surface area contributed by atoms with Gasteiger partial charge in [0, 0.05) is 18.8 Å². The van der Waals surface area contributed by atoms with Gasteiger partial charge in [-0.15, -0.1) is 0 Å². The van der Waals surface area contributed by atoms with Crippen molar-refractivity contribution in [3.05, 3.63) is 41.5 Å². The summed E-state index contributed by atoms with van der Waals surface area (Å²) in [4.78, 5) is 2.29. The Bertz CT molecular complexity index is 355. The Hall–Kier alpha value is -1.28. The van der Waals surface area contributed by atoms with Crippen molar-refractivity contribution in [3.8, 4) is 0 Å². The SMILES string of the molecule is C=C(N)c1ccc2c(c1)CN(C)C2. The fourth-order valence-electron chi connectivity index (χ4n) is 1.76. The fourth-order valence-corrected chi connectivity index (χ4v) is 1.76. The molecule has 0 fully saturated rings. The zero-order valence-corrected chi connectivity index (χ0v) is 7.88. The smallest absolute Gasteiger partial charge is 0.0314 e. The molecule has 2 N–H and O–H groups in total. The highest BCUT2D eigenvalue weighted by Crippen LogP contribution is 2.23. The van der Waals surface area contributed by atoms with Crippen LogP contribution in [0.5, 0.6) is 0 Å². The molecule has 0 radical (unpaired) electrons. The van der Waals surface area contributed by atoms with Gasteiger partial charge in [0.1, 0.15) is 0 Å². The Kier molecular flexibility index (Phi) is 1.85. The first kappa shape index (κ1) is 8.32. The number of hydrogen-bond acceptors (Lipinski definition) is 2. The minimum atomic E-state index is 0.650. The van der Waals surface area contributed by atoms with Gasteiger partial charge in [-0.25, -0.2) is 0 Å². The van der Waals surface area contributed by atoms with Gasteiger partial charge in [-0.3, -0.25) is 4.90 Å². The van der Waals surface area contributed by atoms with Crippen LogP contribution in [0.25, 0.3) is 5.70 Å². The summed E-state index contributed by atoms with van der Waals surface area (Å²) in [6.07, 6.45) is 0. The number of benzene rings is 1. The predicted octanol–water partition coefficient (Wildman–Crippen LogP) is 1.56. The molecular weight excluding hydrogens is 160 g/mol. The zero-order chi connectivity index (χ0) is 9.42. The van der Waals surface area contributed by atoms with Crippen LogP contribution in [-0.4, -0.2) is 11.9 Å². The average molecular weight is 174 g/mol. The van der Waals surface area contributed by atoms with E-state index < -0.39 is 0 Å². The van der Waals surface area contributed by atoms with Crippen LogP contribution in [0.4, 0.5) is 0 Å². The lowest BCUT2D eigenvalue weighted by atomic mass is 10.1. The molecule has 13 heavy (non-hydrogen) atoms. The summed E-state index contributed by atoms with van der Waals surface area (Å²) in [6.45, 7) is 5.81. The Balaban J connectivity index is 2.40. The summed E-state index contributed by atoms with van der Waals surface area (Å²) in [7, 11) is 2.12. The second-order valence-electron chi connectivity index (χ2n) is 3.68. The Morgan fingerprint density at radius 3 is 2.77 bits per heavy atom. The Labute approximate surface area is 78.7 Å². The fraction of sp³-hybridized carbons (Fsp3) is 0.273.